The van der Waals surface area contributed by atoms with Crippen molar-refractivity contribution in [3.05, 3.63) is 107 Å². The van der Waals surface area contributed by atoms with Crippen LogP contribution in [0, 0.1) is 5.82 Å². The van der Waals surface area contributed by atoms with E-state index < -0.39 is 24.5 Å². The Hall–Kier alpha value is -3.51. The van der Waals surface area contributed by atoms with Crippen LogP contribution < -0.4 is 10.6 Å². The number of nitrogens with one attached hydrogen (secondary N) is 2. The summed E-state index contributed by atoms with van der Waals surface area (Å²) < 4.78 is 13.0. The number of amides is 2. The number of hydrogen-bond acceptors (Lipinski definition) is 3. The first-order chi connectivity index (χ1) is 14.6. The number of aliphatic hydroxyl groups excluding tert-OH is 1. The molecule has 0 aliphatic carbocycles. The Morgan fingerprint density at radius 3 is 1.83 bits per heavy atom. The highest BCUT2D eigenvalue weighted by Crippen LogP contribution is 2.24. The first-order valence-corrected chi connectivity index (χ1v) is 9.61. The van der Waals surface area contributed by atoms with Crippen LogP contribution in [0.3, 0.4) is 0 Å². The average molecular weight is 406 g/mol. The van der Waals surface area contributed by atoms with Crippen LogP contribution in [-0.2, 0) is 16.1 Å². The zero-order valence-corrected chi connectivity index (χ0v) is 16.3. The summed E-state index contributed by atoms with van der Waals surface area (Å²) in [5.74, 6) is -1.89. The maximum Gasteiger partial charge on any atom is 0.245 e. The van der Waals surface area contributed by atoms with Crippen molar-refractivity contribution in [2.75, 3.05) is 6.61 Å². The van der Waals surface area contributed by atoms with Crippen LogP contribution in [0.1, 0.15) is 22.6 Å². The van der Waals surface area contributed by atoms with Crippen LogP contribution in [0.2, 0.25) is 0 Å². The monoisotopic (exact) mass is 406 g/mol. The molecule has 0 aromatic heterocycles. The average Bonchev–Trinajstić information content (AvgIpc) is 2.78. The third kappa shape index (κ3) is 5.52. The minimum absolute atomic E-state index is 0.159. The third-order valence-electron chi connectivity index (χ3n) is 4.72. The van der Waals surface area contributed by atoms with Gasteiger partial charge in [-0.1, -0.05) is 72.8 Å². The topological polar surface area (TPSA) is 78.4 Å². The minimum atomic E-state index is -1.10. The number of aliphatic hydroxyl groups is 1. The lowest BCUT2D eigenvalue weighted by atomic mass is 9.90. The summed E-state index contributed by atoms with van der Waals surface area (Å²) in [5, 5.41) is 15.0. The summed E-state index contributed by atoms with van der Waals surface area (Å²) in [7, 11) is 0. The summed E-state index contributed by atoms with van der Waals surface area (Å²) in [5.41, 5.74) is 2.27. The number of hydrogen-bond donors (Lipinski definition) is 3. The van der Waals surface area contributed by atoms with Gasteiger partial charge in [-0.2, -0.15) is 0 Å². The fraction of sp³-hybridized carbons (Fsp3) is 0.167. The van der Waals surface area contributed by atoms with Crippen molar-refractivity contribution < 1.29 is 19.1 Å². The molecule has 3 aromatic carbocycles. The van der Waals surface area contributed by atoms with E-state index in [4.69, 9.17) is 0 Å². The van der Waals surface area contributed by atoms with Crippen molar-refractivity contribution in [1.29, 1.82) is 0 Å². The summed E-state index contributed by atoms with van der Waals surface area (Å²) in [6.45, 7) is -0.385. The molecule has 6 heteroatoms. The van der Waals surface area contributed by atoms with Gasteiger partial charge >= 0.3 is 0 Å². The van der Waals surface area contributed by atoms with Crippen molar-refractivity contribution in [3.63, 3.8) is 0 Å². The number of carbonyl (C=O) groups excluding carboxylic acids is 2. The number of benzene rings is 3. The first kappa shape index (κ1) is 21.2. The lowest BCUT2D eigenvalue weighted by Gasteiger charge is -2.22. The van der Waals surface area contributed by atoms with Gasteiger partial charge in [0.15, 0.2) is 0 Å². The molecule has 154 valence electrons. The molecule has 0 aliphatic heterocycles. The molecule has 1 unspecified atom stereocenters. The Kier molecular flexibility index (Phi) is 7.29. The first-order valence-electron chi connectivity index (χ1n) is 9.61. The molecule has 1 atom stereocenters. The van der Waals surface area contributed by atoms with Crippen molar-refractivity contribution in [2.24, 2.45) is 0 Å². The fourth-order valence-corrected chi connectivity index (χ4v) is 3.15. The van der Waals surface area contributed by atoms with E-state index in [0.29, 0.717) is 5.56 Å². The molecule has 0 radical (unpaired) electrons. The molecular weight excluding hydrogens is 383 g/mol. The van der Waals surface area contributed by atoms with Crippen LogP contribution in [0.25, 0.3) is 0 Å². The highest BCUT2D eigenvalue weighted by molar-refractivity contribution is 5.92. The molecule has 0 saturated heterocycles. The summed E-state index contributed by atoms with van der Waals surface area (Å²) in [4.78, 5) is 25.6. The maximum atomic E-state index is 13.1. The van der Waals surface area contributed by atoms with Crippen molar-refractivity contribution >= 4 is 11.8 Å². The van der Waals surface area contributed by atoms with Gasteiger partial charge in [0.2, 0.25) is 11.8 Å². The Balaban J connectivity index is 1.71. The second-order valence-electron chi connectivity index (χ2n) is 6.84. The summed E-state index contributed by atoms with van der Waals surface area (Å²) >= 11 is 0. The molecule has 0 fully saturated rings. The SMILES string of the molecule is O=C(NCc1ccc(F)cc1)C(CO)NC(=O)C(c1ccccc1)c1ccccc1. The minimum Gasteiger partial charge on any atom is -0.394 e. The van der Waals surface area contributed by atoms with Gasteiger partial charge in [-0.25, -0.2) is 4.39 Å². The van der Waals surface area contributed by atoms with Crippen LogP contribution in [0.5, 0.6) is 0 Å². The molecule has 2 amide bonds. The Bertz CT molecular complexity index is 923. The lowest BCUT2D eigenvalue weighted by Crippen LogP contribution is -2.50. The van der Waals surface area contributed by atoms with Crippen LogP contribution in [0.4, 0.5) is 4.39 Å². The Labute approximate surface area is 174 Å². The normalized spacial score (nSPS) is 11.7. The van der Waals surface area contributed by atoms with Crippen molar-refractivity contribution in [2.45, 2.75) is 18.5 Å². The highest BCUT2D eigenvalue weighted by atomic mass is 19.1. The second kappa shape index (κ2) is 10.3. The zero-order chi connectivity index (χ0) is 21.3. The predicted octanol–water partition coefficient (Wildman–Crippen LogP) is 2.75. The second-order valence-corrected chi connectivity index (χ2v) is 6.84. The molecule has 3 N–H and O–H groups in total. The van der Waals surface area contributed by atoms with Gasteiger partial charge in [0, 0.05) is 6.54 Å². The van der Waals surface area contributed by atoms with Gasteiger partial charge in [0.05, 0.1) is 12.5 Å². The Morgan fingerprint density at radius 2 is 1.33 bits per heavy atom. The lowest BCUT2D eigenvalue weighted by molar-refractivity contribution is -0.130. The molecule has 0 saturated carbocycles. The third-order valence-corrected chi connectivity index (χ3v) is 4.72. The zero-order valence-electron chi connectivity index (χ0n) is 16.3. The van der Waals surface area contributed by atoms with E-state index in [2.05, 4.69) is 10.6 Å². The van der Waals surface area contributed by atoms with Crippen LogP contribution in [-0.4, -0.2) is 29.6 Å². The summed E-state index contributed by atoms with van der Waals surface area (Å²) in [6.07, 6.45) is 0. The maximum absolute atomic E-state index is 13.1. The van der Waals surface area contributed by atoms with E-state index in [0.717, 1.165) is 11.1 Å². The molecule has 3 rings (SSSR count). The Morgan fingerprint density at radius 1 is 0.800 bits per heavy atom. The number of halogens is 1. The van der Waals surface area contributed by atoms with Crippen LogP contribution >= 0.6 is 0 Å². The number of rotatable bonds is 8. The quantitative estimate of drug-likeness (QED) is 0.538. The highest BCUT2D eigenvalue weighted by Gasteiger charge is 2.27. The van der Waals surface area contributed by atoms with E-state index >= 15 is 0 Å². The predicted molar refractivity (Wildman–Crippen MR) is 112 cm³/mol. The molecule has 0 bridgehead atoms. The molecule has 5 nitrogen and oxygen atoms in total. The van der Waals surface area contributed by atoms with Gasteiger partial charge in [-0.15, -0.1) is 0 Å². The van der Waals surface area contributed by atoms with E-state index in [1.165, 1.54) is 12.1 Å². The van der Waals surface area contributed by atoms with Gasteiger partial charge < -0.3 is 15.7 Å². The van der Waals surface area contributed by atoms with E-state index in [1.54, 1.807) is 12.1 Å². The largest absolute Gasteiger partial charge is 0.394 e. The number of carbonyl (C=O) groups is 2. The van der Waals surface area contributed by atoms with Crippen molar-refractivity contribution in [3.8, 4) is 0 Å². The summed E-state index contributed by atoms with van der Waals surface area (Å²) in [6, 6.07) is 23.1. The standard InChI is InChI=1S/C24H23FN2O3/c25-20-13-11-17(12-14-20)15-26-23(29)21(16-28)27-24(30)22(18-7-3-1-4-8-18)19-9-5-2-6-10-19/h1-14,21-22,28H,15-16H2,(H,26,29)(H,27,30). The smallest absolute Gasteiger partial charge is 0.245 e. The molecule has 0 spiro atoms. The van der Waals surface area contributed by atoms with Gasteiger partial charge in [0.25, 0.3) is 0 Å². The van der Waals surface area contributed by atoms with Gasteiger partial charge in [-0.05, 0) is 28.8 Å². The van der Waals surface area contributed by atoms with Gasteiger partial charge in [0.1, 0.15) is 11.9 Å². The molecule has 30 heavy (non-hydrogen) atoms. The van der Waals surface area contributed by atoms with Crippen LogP contribution in [0.15, 0.2) is 84.9 Å². The molecular formula is C24H23FN2O3. The van der Waals surface area contributed by atoms with E-state index in [-0.39, 0.29) is 18.3 Å². The van der Waals surface area contributed by atoms with Crippen molar-refractivity contribution in [1.82, 2.24) is 10.6 Å². The van der Waals surface area contributed by atoms with E-state index in [1.807, 2.05) is 60.7 Å². The molecule has 3 aromatic rings. The van der Waals surface area contributed by atoms with E-state index in [9.17, 15) is 19.1 Å². The fourth-order valence-electron chi connectivity index (χ4n) is 3.15. The van der Waals surface area contributed by atoms with Gasteiger partial charge in [-0.3, -0.25) is 9.59 Å². The molecule has 0 aliphatic rings. The molecule has 0 heterocycles.